The maximum absolute atomic E-state index is 12.2. The highest BCUT2D eigenvalue weighted by Gasteiger charge is 2.08. The number of rotatable bonds is 4. The third kappa shape index (κ3) is 4.28. The van der Waals surface area contributed by atoms with Crippen LogP contribution in [0, 0.1) is 0 Å². The van der Waals surface area contributed by atoms with E-state index in [1.165, 1.54) is 18.3 Å². The van der Waals surface area contributed by atoms with E-state index in [1.807, 2.05) is 0 Å². The zero-order valence-electron chi connectivity index (χ0n) is 10.0. The highest BCUT2D eigenvalue weighted by atomic mass is 79.9. The number of benzene rings is 1. The first-order valence-corrected chi connectivity index (χ1v) is 7.18. The molecule has 2 aromatic rings. The van der Waals surface area contributed by atoms with Crippen LogP contribution in [0.4, 0.5) is 14.5 Å². The first kappa shape index (κ1) is 14.9. The molecule has 0 aliphatic heterocycles. The monoisotopic (exact) mass is 358 g/mol. The molecule has 0 saturated carbocycles. The van der Waals surface area contributed by atoms with Gasteiger partial charge in [-0.25, -0.2) is 0 Å². The highest BCUT2D eigenvalue weighted by Crippen LogP contribution is 2.26. The predicted molar refractivity (Wildman–Crippen MR) is 78.2 cm³/mol. The van der Waals surface area contributed by atoms with Gasteiger partial charge in [0.05, 0.1) is 5.56 Å². The molecule has 0 saturated heterocycles. The third-order valence-electron chi connectivity index (χ3n) is 2.30. The highest BCUT2D eigenvalue weighted by molar-refractivity contribution is 9.10. The molecular formula is C13H9BrF2N2OS. The molecule has 2 rings (SSSR count). The molecule has 3 nitrogen and oxygen atoms in total. The van der Waals surface area contributed by atoms with Crippen molar-refractivity contribution < 1.29 is 13.6 Å². The standard InChI is InChI=1S/C13H9BrF2N2OS/c14-9-5-8(6-17-7-9)12(19)18-10-1-3-11(4-2-10)20-13(15)16/h1-7,13H,(H,18,19). The van der Waals surface area contributed by atoms with E-state index in [1.54, 1.807) is 24.4 Å². The summed E-state index contributed by atoms with van der Waals surface area (Å²) in [5, 5.41) is 2.67. The van der Waals surface area contributed by atoms with E-state index in [-0.39, 0.29) is 5.91 Å². The number of carbonyl (C=O) groups excluding carboxylic acids is 1. The van der Waals surface area contributed by atoms with Crippen molar-refractivity contribution in [3.63, 3.8) is 0 Å². The topological polar surface area (TPSA) is 42.0 Å². The van der Waals surface area contributed by atoms with Crippen molar-refractivity contribution >= 4 is 39.3 Å². The van der Waals surface area contributed by atoms with E-state index in [2.05, 4.69) is 26.2 Å². The van der Waals surface area contributed by atoms with Gasteiger partial charge in [0.25, 0.3) is 11.7 Å². The van der Waals surface area contributed by atoms with Crippen molar-refractivity contribution in [3.05, 3.63) is 52.8 Å². The lowest BCUT2D eigenvalue weighted by Crippen LogP contribution is -2.12. The van der Waals surface area contributed by atoms with Gasteiger partial charge in [-0.05, 0) is 46.3 Å². The first-order valence-electron chi connectivity index (χ1n) is 5.51. The summed E-state index contributed by atoms with van der Waals surface area (Å²) in [6.07, 6.45) is 3.02. The molecule has 0 radical (unpaired) electrons. The molecule has 0 spiro atoms. The van der Waals surface area contributed by atoms with Gasteiger partial charge in [-0.3, -0.25) is 9.78 Å². The van der Waals surface area contributed by atoms with Crippen LogP contribution in [0.5, 0.6) is 0 Å². The Hall–Kier alpha value is -1.47. The number of aromatic nitrogens is 1. The lowest BCUT2D eigenvalue weighted by molar-refractivity contribution is 0.102. The van der Waals surface area contributed by atoms with Crippen LogP contribution < -0.4 is 5.32 Å². The first-order chi connectivity index (χ1) is 9.54. The van der Waals surface area contributed by atoms with Gasteiger partial charge in [-0.15, -0.1) is 0 Å². The largest absolute Gasteiger partial charge is 0.322 e. The Labute approximate surface area is 126 Å². The van der Waals surface area contributed by atoms with Gasteiger partial charge in [0.2, 0.25) is 0 Å². The fourth-order valence-electron chi connectivity index (χ4n) is 1.46. The van der Waals surface area contributed by atoms with Crippen molar-refractivity contribution in [2.45, 2.75) is 10.7 Å². The van der Waals surface area contributed by atoms with Crippen LogP contribution in [-0.4, -0.2) is 16.6 Å². The number of hydrogen-bond donors (Lipinski definition) is 1. The quantitative estimate of drug-likeness (QED) is 0.823. The number of carbonyl (C=O) groups is 1. The number of thioether (sulfide) groups is 1. The molecule has 1 aromatic heterocycles. The lowest BCUT2D eigenvalue weighted by atomic mass is 10.2. The second-order valence-electron chi connectivity index (χ2n) is 3.75. The summed E-state index contributed by atoms with van der Waals surface area (Å²) in [6.45, 7) is 0. The number of nitrogens with zero attached hydrogens (tertiary/aromatic N) is 1. The molecule has 7 heteroatoms. The summed E-state index contributed by atoms with van der Waals surface area (Å²) >= 11 is 3.69. The average molecular weight is 359 g/mol. The van der Waals surface area contributed by atoms with Crippen molar-refractivity contribution in [1.29, 1.82) is 0 Å². The summed E-state index contributed by atoms with van der Waals surface area (Å²) in [6, 6.07) is 7.86. The minimum atomic E-state index is -2.46. The Balaban J connectivity index is 2.04. The minimum Gasteiger partial charge on any atom is -0.322 e. The number of nitrogens with one attached hydrogen (secondary N) is 1. The van der Waals surface area contributed by atoms with Crippen LogP contribution in [0.1, 0.15) is 10.4 Å². The Morgan fingerprint density at radius 2 is 1.95 bits per heavy atom. The van der Waals surface area contributed by atoms with E-state index in [0.29, 0.717) is 32.4 Å². The van der Waals surface area contributed by atoms with Crippen molar-refractivity contribution in [1.82, 2.24) is 4.98 Å². The van der Waals surface area contributed by atoms with Gasteiger partial charge >= 0.3 is 0 Å². The summed E-state index contributed by atoms with van der Waals surface area (Å²) in [4.78, 5) is 16.3. The zero-order valence-corrected chi connectivity index (χ0v) is 12.4. The Bertz CT molecular complexity index is 608. The molecule has 0 fully saturated rings. The van der Waals surface area contributed by atoms with Crippen LogP contribution in [0.15, 0.2) is 52.1 Å². The Morgan fingerprint density at radius 1 is 1.25 bits per heavy atom. The molecule has 0 aliphatic carbocycles. The number of halogens is 3. The van der Waals surface area contributed by atoms with E-state index in [0.717, 1.165) is 0 Å². The van der Waals surface area contributed by atoms with Crippen LogP contribution in [0.25, 0.3) is 0 Å². The molecule has 1 heterocycles. The van der Waals surface area contributed by atoms with Crippen molar-refractivity contribution in [2.75, 3.05) is 5.32 Å². The zero-order chi connectivity index (χ0) is 14.5. The van der Waals surface area contributed by atoms with Crippen LogP contribution in [-0.2, 0) is 0 Å². The maximum atomic E-state index is 12.2. The SMILES string of the molecule is O=C(Nc1ccc(SC(F)F)cc1)c1cncc(Br)c1. The molecule has 0 atom stereocenters. The number of hydrogen-bond acceptors (Lipinski definition) is 3. The number of anilines is 1. The van der Waals surface area contributed by atoms with Gasteiger partial charge in [0, 0.05) is 27.4 Å². The minimum absolute atomic E-state index is 0.312. The number of pyridine rings is 1. The summed E-state index contributed by atoms with van der Waals surface area (Å²) in [7, 11) is 0. The van der Waals surface area contributed by atoms with E-state index >= 15 is 0 Å². The smallest absolute Gasteiger partial charge is 0.288 e. The molecule has 1 aromatic carbocycles. The molecule has 0 aliphatic rings. The van der Waals surface area contributed by atoms with Crippen LogP contribution in [0.3, 0.4) is 0 Å². The normalized spacial score (nSPS) is 10.6. The van der Waals surface area contributed by atoms with E-state index in [4.69, 9.17) is 0 Å². The van der Waals surface area contributed by atoms with E-state index < -0.39 is 5.76 Å². The molecule has 0 bridgehead atoms. The van der Waals surface area contributed by atoms with Crippen molar-refractivity contribution in [2.24, 2.45) is 0 Å². The summed E-state index contributed by atoms with van der Waals surface area (Å²) in [5.41, 5.74) is 0.944. The van der Waals surface area contributed by atoms with Gasteiger partial charge in [0.15, 0.2) is 0 Å². The summed E-state index contributed by atoms with van der Waals surface area (Å²) < 4.78 is 25.0. The number of amides is 1. The Kier molecular flexibility index (Phi) is 5.08. The molecule has 0 unspecified atom stereocenters. The average Bonchev–Trinajstić information content (AvgIpc) is 2.40. The van der Waals surface area contributed by atoms with Crippen molar-refractivity contribution in [3.8, 4) is 0 Å². The fraction of sp³-hybridized carbons (Fsp3) is 0.0769. The maximum Gasteiger partial charge on any atom is 0.288 e. The molecular weight excluding hydrogens is 350 g/mol. The van der Waals surface area contributed by atoms with E-state index in [9.17, 15) is 13.6 Å². The molecule has 20 heavy (non-hydrogen) atoms. The van der Waals surface area contributed by atoms with Crippen LogP contribution >= 0.6 is 27.7 Å². The van der Waals surface area contributed by atoms with Gasteiger partial charge in [-0.2, -0.15) is 8.78 Å². The van der Waals surface area contributed by atoms with Gasteiger partial charge in [-0.1, -0.05) is 11.8 Å². The molecule has 1 amide bonds. The predicted octanol–water partition coefficient (Wildman–Crippen LogP) is 4.41. The molecule has 104 valence electrons. The second-order valence-corrected chi connectivity index (χ2v) is 5.73. The molecule has 1 N–H and O–H groups in total. The van der Waals surface area contributed by atoms with Gasteiger partial charge in [0.1, 0.15) is 0 Å². The third-order valence-corrected chi connectivity index (χ3v) is 3.46. The fourth-order valence-corrected chi connectivity index (χ4v) is 2.32. The number of alkyl halides is 2. The lowest BCUT2D eigenvalue weighted by Gasteiger charge is -2.06. The summed E-state index contributed by atoms with van der Waals surface area (Å²) in [5.74, 6) is -2.77. The van der Waals surface area contributed by atoms with Crippen LogP contribution in [0.2, 0.25) is 0 Å². The Morgan fingerprint density at radius 3 is 2.55 bits per heavy atom. The second kappa shape index (κ2) is 6.81. The van der Waals surface area contributed by atoms with Gasteiger partial charge < -0.3 is 5.32 Å².